The van der Waals surface area contributed by atoms with Crippen LogP contribution in [0.2, 0.25) is 5.02 Å². The third-order valence-electron chi connectivity index (χ3n) is 3.63. The summed E-state index contributed by atoms with van der Waals surface area (Å²) in [6.45, 7) is 5.66. The number of ether oxygens (including phenoxy) is 1. The number of benzene rings is 1. The van der Waals surface area contributed by atoms with E-state index < -0.39 is 0 Å². The maximum Gasteiger partial charge on any atom is 0.244 e. The molecule has 1 aromatic rings. The van der Waals surface area contributed by atoms with Gasteiger partial charge in [-0.2, -0.15) is 0 Å². The molecular weight excluding hydrogens is 328 g/mol. The number of hydrogen-bond acceptors (Lipinski definition) is 3. The first-order valence-electron chi connectivity index (χ1n) is 8.37. The quantitative estimate of drug-likeness (QED) is 0.447. The summed E-state index contributed by atoms with van der Waals surface area (Å²) in [5.74, 6) is 1.44. The first kappa shape index (κ1) is 18.4. The van der Waals surface area contributed by atoms with E-state index in [9.17, 15) is 4.79 Å². The van der Waals surface area contributed by atoms with Gasteiger partial charge < -0.3 is 20.3 Å². The molecule has 6 nitrogen and oxygen atoms in total. The average Bonchev–Trinajstić information content (AvgIpc) is 3.11. The Morgan fingerprint density at radius 1 is 1.33 bits per heavy atom. The number of amides is 1. The molecule has 0 unspecified atom stereocenters. The van der Waals surface area contributed by atoms with Crippen LogP contribution in [0.4, 0.5) is 0 Å². The van der Waals surface area contributed by atoms with Crippen LogP contribution in [0.3, 0.4) is 0 Å². The van der Waals surface area contributed by atoms with E-state index in [1.54, 1.807) is 12.1 Å². The summed E-state index contributed by atoms with van der Waals surface area (Å²) in [6.07, 6.45) is 2.18. The number of guanidine groups is 1. The third-order valence-corrected chi connectivity index (χ3v) is 3.87. The maximum absolute atomic E-state index is 12.0. The van der Waals surface area contributed by atoms with Crippen molar-refractivity contribution in [1.82, 2.24) is 15.5 Å². The highest BCUT2D eigenvalue weighted by Crippen LogP contribution is 2.16. The van der Waals surface area contributed by atoms with E-state index in [0.29, 0.717) is 24.1 Å². The fourth-order valence-corrected chi connectivity index (χ4v) is 2.63. The number of nitrogens with zero attached hydrogens (tertiary/aromatic N) is 2. The average molecular weight is 353 g/mol. The Labute approximate surface area is 148 Å². The van der Waals surface area contributed by atoms with Gasteiger partial charge in [-0.25, -0.2) is 4.99 Å². The fraction of sp³-hybridized carbons (Fsp3) is 0.529. The molecule has 1 aliphatic heterocycles. The zero-order chi connectivity index (χ0) is 17.2. The lowest BCUT2D eigenvalue weighted by Crippen LogP contribution is -2.40. The number of hydrogen-bond donors (Lipinski definition) is 2. The van der Waals surface area contributed by atoms with Crippen LogP contribution in [0.5, 0.6) is 5.75 Å². The van der Waals surface area contributed by atoms with Crippen LogP contribution in [0.25, 0.3) is 0 Å². The minimum Gasteiger partial charge on any atom is -0.492 e. The number of carbonyl (C=O) groups excluding carboxylic acids is 1. The predicted molar refractivity (Wildman–Crippen MR) is 96.7 cm³/mol. The lowest BCUT2D eigenvalue weighted by atomic mass is 10.3. The zero-order valence-corrected chi connectivity index (χ0v) is 14.8. The normalized spacial score (nSPS) is 14.6. The summed E-state index contributed by atoms with van der Waals surface area (Å²) in [5.41, 5.74) is 0. The van der Waals surface area contributed by atoms with Crippen LogP contribution >= 0.6 is 11.6 Å². The van der Waals surface area contributed by atoms with Crippen molar-refractivity contribution in [1.29, 1.82) is 0 Å². The van der Waals surface area contributed by atoms with Crippen molar-refractivity contribution in [3.8, 4) is 5.75 Å². The number of aliphatic imine (C=N–C) groups is 1. The Kier molecular flexibility index (Phi) is 7.68. The molecule has 0 spiro atoms. The maximum atomic E-state index is 12.0. The Morgan fingerprint density at radius 3 is 2.83 bits per heavy atom. The second kappa shape index (κ2) is 10.0. The summed E-state index contributed by atoms with van der Waals surface area (Å²) in [7, 11) is 0. The largest absolute Gasteiger partial charge is 0.492 e. The van der Waals surface area contributed by atoms with E-state index in [0.717, 1.165) is 38.2 Å². The SMILES string of the molecule is CCNC(=NCC(=O)N1CCCC1)NCCOc1cccc(Cl)c1. The molecule has 2 rings (SSSR count). The Bertz CT molecular complexity index is 559. The summed E-state index contributed by atoms with van der Waals surface area (Å²) in [5, 5.41) is 6.94. The number of rotatable bonds is 7. The van der Waals surface area contributed by atoms with Crippen LogP contribution in [0, 0.1) is 0 Å². The Balaban J connectivity index is 1.73. The van der Waals surface area contributed by atoms with Gasteiger partial charge >= 0.3 is 0 Å². The molecule has 0 saturated carbocycles. The van der Waals surface area contributed by atoms with Gasteiger partial charge in [-0.3, -0.25) is 4.79 Å². The van der Waals surface area contributed by atoms with E-state index >= 15 is 0 Å². The van der Waals surface area contributed by atoms with Crippen LogP contribution < -0.4 is 15.4 Å². The first-order valence-corrected chi connectivity index (χ1v) is 8.75. The molecule has 1 amide bonds. The molecule has 2 N–H and O–H groups in total. The van der Waals surface area contributed by atoms with E-state index in [4.69, 9.17) is 16.3 Å². The van der Waals surface area contributed by atoms with Crippen molar-refractivity contribution in [3.63, 3.8) is 0 Å². The summed E-state index contributed by atoms with van der Waals surface area (Å²) in [6, 6.07) is 7.29. The molecule has 1 saturated heterocycles. The van der Waals surface area contributed by atoms with Crippen LogP contribution in [-0.2, 0) is 4.79 Å². The van der Waals surface area contributed by atoms with Crippen LogP contribution in [-0.4, -0.2) is 56.1 Å². The number of carbonyl (C=O) groups is 1. The van der Waals surface area contributed by atoms with Crippen LogP contribution in [0.1, 0.15) is 19.8 Å². The zero-order valence-electron chi connectivity index (χ0n) is 14.1. The summed E-state index contributed by atoms with van der Waals surface area (Å²) in [4.78, 5) is 18.2. The first-order chi connectivity index (χ1) is 11.7. The monoisotopic (exact) mass is 352 g/mol. The smallest absolute Gasteiger partial charge is 0.244 e. The van der Waals surface area contributed by atoms with Crippen molar-refractivity contribution < 1.29 is 9.53 Å². The van der Waals surface area contributed by atoms with E-state index in [-0.39, 0.29) is 12.5 Å². The standard InChI is InChI=1S/C17H25ClN4O2/c1-2-19-17(21-13-16(23)22-9-3-4-10-22)20-8-11-24-15-7-5-6-14(18)12-15/h5-7,12H,2-4,8-11,13H2,1H3,(H2,19,20,21). The third kappa shape index (κ3) is 6.28. The lowest BCUT2D eigenvalue weighted by Gasteiger charge is -2.15. The van der Waals surface area contributed by atoms with Crippen molar-refractivity contribution in [2.75, 3.05) is 39.3 Å². The van der Waals surface area contributed by atoms with E-state index in [1.807, 2.05) is 24.0 Å². The Morgan fingerprint density at radius 2 is 2.12 bits per heavy atom. The molecule has 0 atom stereocenters. The molecule has 1 heterocycles. The predicted octanol–water partition coefficient (Wildman–Crippen LogP) is 1.90. The number of likely N-dealkylation sites (tertiary alicyclic amines) is 1. The highest BCUT2D eigenvalue weighted by atomic mass is 35.5. The van der Waals surface area contributed by atoms with Crippen molar-refractivity contribution >= 4 is 23.5 Å². The summed E-state index contributed by atoms with van der Waals surface area (Å²) >= 11 is 5.91. The molecule has 1 aromatic carbocycles. The lowest BCUT2D eigenvalue weighted by molar-refractivity contribution is -0.128. The van der Waals surface area contributed by atoms with Gasteiger partial charge in [0.25, 0.3) is 0 Å². The van der Waals surface area contributed by atoms with Gasteiger partial charge in [0.1, 0.15) is 18.9 Å². The second-order valence-corrected chi connectivity index (χ2v) is 5.95. The molecule has 24 heavy (non-hydrogen) atoms. The van der Waals surface area contributed by atoms with Gasteiger partial charge in [-0.1, -0.05) is 17.7 Å². The number of halogens is 1. The highest BCUT2D eigenvalue weighted by Gasteiger charge is 2.17. The molecule has 0 radical (unpaired) electrons. The van der Waals surface area contributed by atoms with E-state index in [1.165, 1.54) is 0 Å². The van der Waals surface area contributed by atoms with Crippen molar-refractivity contribution in [2.24, 2.45) is 4.99 Å². The van der Waals surface area contributed by atoms with Gasteiger partial charge in [-0.05, 0) is 38.0 Å². The summed E-state index contributed by atoms with van der Waals surface area (Å²) < 4.78 is 5.62. The van der Waals surface area contributed by atoms with Crippen molar-refractivity contribution in [3.05, 3.63) is 29.3 Å². The number of nitrogens with one attached hydrogen (secondary N) is 2. The molecule has 7 heteroatoms. The Hall–Kier alpha value is -1.95. The molecule has 1 fully saturated rings. The molecule has 0 aliphatic carbocycles. The van der Waals surface area contributed by atoms with Gasteiger partial charge in [0, 0.05) is 24.7 Å². The minimum absolute atomic E-state index is 0.0832. The molecule has 0 aromatic heterocycles. The van der Waals surface area contributed by atoms with Crippen LogP contribution in [0.15, 0.2) is 29.3 Å². The fourth-order valence-electron chi connectivity index (χ4n) is 2.45. The molecule has 0 bridgehead atoms. The molecule has 132 valence electrons. The topological polar surface area (TPSA) is 66.0 Å². The van der Waals surface area contributed by atoms with Gasteiger partial charge in [-0.15, -0.1) is 0 Å². The molecule has 1 aliphatic rings. The second-order valence-electron chi connectivity index (χ2n) is 5.52. The highest BCUT2D eigenvalue weighted by molar-refractivity contribution is 6.30. The van der Waals surface area contributed by atoms with Gasteiger partial charge in [0.2, 0.25) is 5.91 Å². The van der Waals surface area contributed by atoms with Gasteiger partial charge in [0.05, 0.1) is 6.54 Å². The molecular formula is C17H25ClN4O2. The van der Waals surface area contributed by atoms with Crippen molar-refractivity contribution in [2.45, 2.75) is 19.8 Å². The minimum atomic E-state index is 0.0832. The van der Waals surface area contributed by atoms with E-state index in [2.05, 4.69) is 15.6 Å². The van der Waals surface area contributed by atoms with Gasteiger partial charge in [0.15, 0.2) is 5.96 Å².